The molecule has 114 valence electrons. The van der Waals surface area contributed by atoms with Gasteiger partial charge in [0, 0.05) is 45.1 Å². The minimum absolute atomic E-state index is 0.0266. The Balaban J connectivity index is 1.99. The quantitative estimate of drug-likeness (QED) is 0.824. The maximum atomic E-state index is 12.4. The first-order chi connectivity index (χ1) is 10.1. The topological polar surface area (TPSA) is 65.5 Å². The van der Waals surface area contributed by atoms with E-state index in [2.05, 4.69) is 24.1 Å². The van der Waals surface area contributed by atoms with Crippen molar-refractivity contribution in [3.05, 3.63) is 24.0 Å². The van der Waals surface area contributed by atoms with Gasteiger partial charge in [0.05, 0.1) is 11.3 Å². The van der Waals surface area contributed by atoms with Gasteiger partial charge in [0.15, 0.2) is 0 Å². The normalized spacial score (nSPS) is 15.2. The number of nitrogens with one attached hydrogen (secondary N) is 1. The molecular formula is C15H22N4O2. The van der Waals surface area contributed by atoms with Crippen molar-refractivity contribution in [1.29, 1.82) is 0 Å². The van der Waals surface area contributed by atoms with Gasteiger partial charge in [0.25, 0.3) is 5.91 Å². The number of rotatable bonds is 5. The Morgan fingerprint density at radius 3 is 2.67 bits per heavy atom. The number of piperazine rings is 1. The van der Waals surface area contributed by atoms with Gasteiger partial charge in [-0.05, 0) is 12.0 Å². The molecule has 0 spiro atoms. The van der Waals surface area contributed by atoms with Crippen molar-refractivity contribution in [3.8, 4) is 0 Å². The minimum atomic E-state index is -0.0266. The lowest BCUT2D eigenvalue weighted by Gasteiger charge is -2.32. The second kappa shape index (κ2) is 7.06. The minimum Gasteiger partial charge on any atom is -0.384 e. The lowest BCUT2D eigenvalue weighted by molar-refractivity contribution is -0.119. The Labute approximate surface area is 125 Å². The Morgan fingerprint density at radius 1 is 1.33 bits per heavy atom. The van der Waals surface area contributed by atoms with Crippen LogP contribution in [-0.4, -0.2) is 59.8 Å². The van der Waals surface area contributed by atoms with E-state index in [4.69, 9.17) is 0 Å². The Kier molecular flexibility index (Phi) is 5.14. The van der Waals surface area contributed by atoms with Crippen LogP contribution in [0.2, 0.25) is 0 Å². The van der Waals surface area contributed by atoms with Crippen molar-refractivity contribution in [2.75, 3.05) is 38.0 Å². The number of carbonyl (C=O) groups is 2. The zero-order valence-electron chi connectivity index (χ0n) is 12.6. The van der Waals surface area contributed by atoms with Gasteiger partial charge in [-0.25, -0.2) is 0 Å². The van der Waals surface area contributed by atoms with E-state index in [1.807, 2.05) is 6.07 Å². The van der Waals surface area contributed by atoms with E-state index < -0.39 is 0 Å². The highest BCUT2D eigenvalue weighted by Gasteiger charge is 2.21. The van der Waals surface area contributed by atoms with Gasteiger partial charge >= 0.3 is 0 Å². The van der Waals surface area contributed by atoms with Crippen LogP contribution < -0.4 is 5.32 Å². The molecule has 1 fully saturated rings. The molecule has 2 rings (SSSR count). The molecule has 0 aliphatic carbocycles. The van der Waals surface area contributed by atoms with Gasteiger partial charge in [-0.2, -0.15) is 0 Å². The van der Waals surface area contributed by atoms with Crippen LogP contribution in [0.1, 0.15) is 24.2 Å². The molecule has 2 amide bonds. The van der Waals surface area contributed by atoms with E-state index in [1.165, 1.54) is 0 Å². The second-order valence-corrected chi connectivity index (χ2v) is 5.67. The molecule has 0 saturated carbocycles. The molecule has 21 heavy (non-hydrogen) atoms. The van der Waals surface area contributed by atoms with E-state index in [0.29, 0.717) is 37.7 Å². The fraction of sp³-hybridized carbons (Fsp3) is 0.533. The predicted octanol–water partition coefficient (Wildman–Crippen LogP) is 1.06. The van der Waals surface area contributed by atoms with E-state index in [0.717, 1.165) is 18.6 Å². The van der Waals surface area contributed by atoms with Crippen LogP contribution in [0, 0.1) is 5.92 Å². The first-order valence-electron chi connectivity index (χ1n) is 7.27. The van der Waals surface area contributed by atoms with Crippen LogP contribution in [0.3, 0.4) is 0 Å². The second-order valence-electron chi connectivity index (χ2n) is 5.67. The number of pyridine rings is 1. The maximum absolute atomic E-state index is 12.4. The number of hydrogen-bond donors (Lipinski definition) is 1. The lowest BCUT2D eigenvalue weighted by Crippen LogP contribution is -2.48. The summed E-state index contributed by atoms with van der Waals surface area (Å²) in [5.74, 6) is 0.502. The average Bonchev–Trinajstić information content (AvgIpc) is 2.52. The van der Waals surface area contributed by atoms with Crippen LogP contribution in [0.25, 0.3) is 0 Å². The standard InChI is InChI=1S/C15H22N4O2/c1-12(2)8-17-14-7-13(9-16-10-14)15(21)19-5-3-18(11-20)4-6-19/h7,9-12,17H,3-6,8H2,1-2H3. The molecule has 1 N–H and O–H groups in total. The summed E-state index contributed by atoms with van der Waals surface area (Å²) in [5.41, 5.74) is 1.45. The largest absolute Gasteiger partial charge is 0.384 e. The molecule has 0 radical (unpaired) electrons. The number of carbonyl (C=O) groups excluding carboxylic acids is 2. The van der Waals surface area contributed by atoms with E-state index in [1.54, 1.807) is 22.2 Å². The molecule has 2 heterocycles. The Hall–Kier alpha value is -2.11. The molecule has 0 atom stereocenters. The van der Waals surface area contributed by atoms with Gasteiger partial charge < -0.3 is 15.1 Å². The molecule has 1 aliphatic rings. The summed E-state index contributed by atoms with van der Waals surface area (Å²) in [5, 5.41) is 3.27. The number of amides is 2. The summed E-state index contributed by atoms with van der Waals surface area (Å²) < 4.78 is 0. The molecule has 6 heteroatoms. The van der Waals surface area contributed by atoms with Crippen molar-refractivity contribution in [2.45, 2.75) is 13.8 Å². The van der Waals surface area contributed by atoms with Crippen molar-refractivity contribution < 1.29 is 9.59 Å². The molecule has 1 aromatic rings. The van der Waals surface area contributed by atoms with Crippen molar-refractivity contribution in [1.82, 2.24) is 14.8 Å². The Bertz CT molecular complexity index is 496. The first-order valence-corrected chi connectivity index (χ1v) is 7.27. The third-order valence-corrected chi connectivity index (χ3v) is 3.45. The monoisotopic (exact) mass is 290 g/mol. The van der Waals surface area contributed by atoms with Crippen LogP contribution in [-0.2, 0) is 4.79 Å². The SMILES string of the molecule is CC(C)CNc1cncc(C(=O)N2CCN(C=O)CC2)c1. The Morgan fingerprint density at radius 2 is 2.05 bits per heavy atom. The predicted molar refractivity (Wildman–Crippen MR) is 81.1 cm³/mol. The van der Waals surface area contributed by atoms with Crippen molar-refractivity contribution in [3.63, 3.8) is 0 Å². The molecule has 1 aliphatic heterocycles. The zero-order chi connectivity index (χ0) is 15.2. The molecule has 1 aromatic heterocycles. The van der Waals surface area contributed by atoms with Gasteiger partial charge in [-0.3, -0.25) is 14.6 Å². The molecule has 0 unspecified atom stereocenters. The number of aromatic nitrogens is 1. The summed E-state index contributed by atoms with van der Waals surface area (Å²) in [6.07, 6.45) is 4.15. The summed E-state index contributed by atoms with van der Waals surface area (Å²) in [4.78, 5) is 30.7. The molecule has 1 saturated heterocycles. The summed E-state index contributed by atoms with van der Waals surface area (Å²) in [7, 11) is 0. The number of hydrogen-bond acceptors (Lipinski definition) is 4. The summed E-state index contributed by atoms with van der Waals surface area (Å²) in [6.45, 7) is 7.42. The number of nitrogens with zero attached hydrogens (tertiary/aromatic N) is 3. The van der Waals surface area contributed by atoms with E-state index >= 15 is 0 Å². The van der Waals surface area contributed by atoms with E-state index in [-0.39, 0.29) is 5.91 Å². The maximum Gasteiger partial charge on any atom is 0.255 e. The highest BCUT2D eigenvalue weighted by molar-refractivity contribution is 5.94. The van der Waals surface area contributed by atoms with Gasteiger partial charge in [-0.1, -0.05) is 13.8 Å². The zero-order valence-corrected chi connectivity index (χ0v) is 12.6. The summed E-state index contributed by atoms with van der Waals surface area (Å²) >= 11 is 0. The third kappa shape index (κ3) is 4.18. The fourth-order valence-electron chi connectivity index (χ4n) is 2.19. The van der Waals surface area contributed by atoms with Crippen LogP contribution >= 0.6 is 0 Å². The van der Waals surface area contributed by atoms with Crippen molar-refractivity contribution in [2.24, 2.45) is 5.92 Å². The highest BCUT2D eigenvalue weighted by Crippen LogP contribution is 2.13. The molecular weight excluding hydrogens is 268 g/mol. The molecule has 0 bridgehead atoms. The van der Waals surface area contributed by atoms with Gasteiger partial charge in [-0.15, -0.1) is 0 Å². The summed E-state index contributed by atoms with van der Waals surface area (Å²) in [6, 6.07) is 1.84. The number of anilines is 1. The third-order valence-electron chi connectivity index (χ3n) is 3.45. The van der Waals surface area contributed by atoms with Gasteiger partial charge in [0.2, 0.25) is 6.41 Å². The van der Waals surface area contributed by atoms with E-state index in [9.17, 15) is 9.59 Å². The van der Waals surface area contributed by atoms with Crippen LogP contribution in [0.4, 0.5) is 5.69 Å². The highest BCUT2D eigenvalue weighted by atomic mass is 16.2. The van der Waals surface area contributed by atoms with Crippen LogP contribution in [0.5, 0.6) is 0 Å². The van der Waals surface area contributed by atoms with Crippen LogP contribution in [0.15, 0.2) is 18.5 Å². The first kappa shape index (κ1) is 15.3. The fourth-order valence-corrected chi connectivity index (χ4v) is 2.19. The van der Waals surface area contributed by atoms with Crippen molar-refractivity contribution >= 4 is 18.0 Å². The van der Waals surface area contributed by atoms with Gasteiger partial charge in [0.1, 0.15) is 0 Å². The molecule has 6 nitrogen and oxygen atoms in total. The smallest absolute Gasteiger partial charge is 0.255 e. The lowest BCUT2D eigenvalue weighted by atomic mass is 10.2. The molecule has 0 aromatic carbocycles. The average molecular weight is 290 g/mol.